The number of alkyl halides is 3. The number of rotatable bonds is 2. The van der Waals surface area contributed by atoms with Crippen LogP contribution in [0, 0.1) is 0 Å². The summed E-state index contributed by atoms with van der Waals surface area (Å²) in [6.45, 7) is 1.82. The van der Waals surface area contributed by atoms with Gasteiger partial charge in [-0.25, -0.2) is 0 Å². The predicted octanol–water partition coefficient (Wildman–Crippen LogP) is 3.50. The SMILES string of the molecule is CC(N)Cc1cc2cccc(C(F)(F)F)c2[nH]1.Cl. The lowest BCUT2D eigenvalue weighted by molar-refractivity contribution is -0.136. The van der Waals surface area contributed by atoms with Crippen molar-refractivity contribution in [3.8, 4) is 0 Å². The van der Waals surface area contributed by atoms with Crippen LogP contribution in [0.5, 0.6) is 0 Å². The lowest BCUT2D eigenvalue weighted by Gasteiger charge is -2.07. The molecule has 0 spiro atoms. The van der Waals surface area contributed by atoms with Gasteiger partial charge in [0.15, 0.2) is 0 Å². The highest BCUT2D eigenvalue weighted by Crippen LogP contribution is 2.34. The molecule has 100 valence electrons. The molecule has 2 nitrogen and oxygen atoms in total. The molecule has 0 saturated heterocycles. The summed E-state index contributed by atoms with van der Waals surface area (Å²) in [6, 6.07) is 5.78. The van der Waals surface area contributed by atoms with E-state index in [1.807, 2.05) is 6.92 Å². The zero-order valence-electron chi connectivity index (χ0n) is 9.71. The highest BCUT2D eigenvalue weighted by Gasteiger charge is 2.33. The molecule has 1 heterocycles. The van der Waals surface area contributed by atoms with E-state index in [9.17, 15) is 13.2 Å². The van der Waals surface area contributed by atoms with Crippen LogP contribution in [0.3, 0.4) is 0 Å². The van der Waals surface area contributed by atoms with Crippen molar-refractivity contribution in [3.05, 3.63) is 35.5 Å². The molecule has 2 aromatic rings. The maximum Gasteiger partial charge on any atom is 0.418 e. The average molecular weight is 279 g/mol. The van der Waals surface area contributed by atoms with Crippen LogP contribution in [0.4, 0.5) is 13.2 Å². The molecule has 0 saturated carbocycles. The van der Waals surface area contributed by atoms with Crippen molar-refractivity contribution in [2.24, 2.45) is 5.73 Å². The third-order valence-corrected chi connectivity index (χ3v) is 2.56. The van der Waals surface area contributed by atoms with Crippen LogP contribution in [0.15, 0.2) is 24.3 Å². The minimum Gasteiger partial charge on any atom is -0.358 e. The fraction of sp³-hybridized carbons (Fsp3) is 0.333. The van der Waals surface area contributed by atoms with Gasteiger partial charge in [-0.1, -0.05) is 12.1 Å². The van der Waals surface area contributed by atoms with E-state index in [-0.39, 0.29) is 24.0 Å². The minimum atomic E-state index is -4.34. The van der Waals surface area contributed by atoms with Gasteiger partial charge in [0.1, 0.15) is 0 Å². The molecule has 0 fully saturated rings. The number of benzene rings is 1. The van der Waals surface area contributed by atoms with E-state index in [4.69, 9.17) is 5.73 Å². The largest absolute Gasteiger partial charge is 0.418 e. The molecule has 1 atom stereocenters. The summed E-state index contributed by atoms with van der Waals surface area (Å²) in [5, 5.41) is 0.565. The van der Waals surface area contributed by atoms with Crippen molar-refractivity contribution in [2.45, 2.75) is 25.6 Å². The van der Waals surface area contributed by atoms with E-state index in [0.717, 1.165) is 11.8 Å². The fourth-order valence-electron chi connectivity index (χ4n) is 1.91. The number of fused-ring (bicyclic) bond motifs is 1. The number of aromatic amines is 1. The van der Waals surface area contributed by atoms with E-state index in [0.29, 0.717) is 11.8 Å². The molecule has 0 bridgehead atoms. The van der Waals surface area contributed by atoms with Gasteiger partial charge < -0.3 is 10.7 Å². The number of halogens is 4. The highest BCUT2D eigenvalue weighted by atomic mass is 35.5. The molecule has 0 radical (unpaired) electrons. The number of hydrogen-bond acceptors (Lipinski definition) is 1. The van der Waals surface area contributed by atoms with Gasteiger partial charge in [0.05, 0.1) is 11.1 Å². The zero-order chi connectivity index (χ0) is 12.6. The first-order chi connectivity index (χ1) is 7.88. The molecule has 1 aromatic heterocycles. The molecule has 2 rings (SSSR count). The van der Waals surface area contributed by atoms with Crippen molar-refractivity contribution in [1.29, 1.82) is 0 Å². The highest BCUT2D eigenvalue weighted by molar-refractivity contribution is 5.85. The topological polar surface area (TPSA) is 41.8 Å². The fourth-order valence-corrected chi connectivity index (χ4v) is 1.91. The minimum absolute atomic E-state index is 0. The Kier molecular flexibility index (Phi) is 4.29. The Balaban J connectivity index is 0.00000162. The summed E-state index contributed by atoms with van der Waals surface area (Å²) in [5.41, 5.74) is 5.86. The van der Waals surface area contributed by atoms with Crippen LogP contribution in [0.25, 0.3) is 10.9 Å². The van der Waals surface area contributed by atoms with Crippen molar-refractivity contribution < 1.29 is 13.2 Å². The number of para-hydroxylation sites is 1. The summed E-state index contributed by atoms with van der Waals surface area (Å²) >= 11 is 0. The first-order valence-electron chi connectivity index (χ1n) is 5.31. The molecule has 0 aliphatic rings. The molecular formula is C12H14ClF3N2. The van der Waals surface area contributed by atoms with Gasteiger partial charge in [-0.05, 0) is 19.1 Å². The maximum atomic E-state index is 12.7. The van der Waals surface area contributed by atoms with E-state index in [1.165, 1.54) is 6.07 Å². The number of nitrogens with one attached hydrogen (secondary N) is 1. The van der Waals surface area contributed by atoms with Gasteiger partial charge in [-0.3, -0.25) is 0 Å². The average Bonchev–Trinajstić information content (AvgIpc) is 2.55. The second kappa shape index (κ2) is 5.20. The normalized spacial score (nSPS) is 13.4. The van der Waals surface area contributed by atoms with Crippen molar-refractivity contribution in [3.63, 3.8) is 0 Å². The Hall–Kier alpha value is -1.20. The zero-order valence-corrected chi connectivity index (χ0v) is 10.5. The third kappa shape index (κ3) is 2.97. The molecular weight excluding hydrogens is 265 g/mol. The molecule has 18 heavy (non-hydrogen) atoms. The molecule has 1 aromatic carbocycles. The van der Waals surface area contributed by atoms with Crippen molar-refractivity contribution in [2.75, 3.05) is 0 Å². The van der Waals surface area contributed by atoms with Crippen LogP contribution in [-0.4, -0.2) is 11.0 Å². The lowest BCUT2D eigenvalue weighted by Crippen LogP contribution is -2.17. The first-order valence-corrected chi connectivity index (χ1v) is 5.31. The van der Waals surface area contributed by atoms with Crippen LogP contribution >= 0.6 is 12.4 Å². The summed E-state index contributed by atoms with van der Waals surface area (Å²) in [7, 11) is 0. The van der Waals surface area contributed by atoms with Gasteiger partial charge in [0.25, 0.3) is 0 Å². The van der Waals surface area contributed by atoms with Gasteiger partial charge in [0, 0.05) is 23.5 Å². The number of aromatic nitrogens is 1. The van der Waals surface area contributed by atoms with E-state index >= 15 is 0 Å². The standard InChI is InChI=1S/C12H13F3N2.ClH/c1-7(16)5-9-6-8-3-2-4-10(11(8)17-9)12(13,14)15;/h2-4,6-7,17H,5,16H2,1H3;1H. The van der Waals surface area contributed by atoms with Crippen LogP contribution in [0.1, 0.15) is 18.2 Å². The Morgan fingerprint density at radius 1 is 1.33 bits per heavy atom. The Labute approximate surface area is 109 Å². The summed E-state index contributed by atoms with van der Waals surface area (Å²) in [5.74, 6) is 0. The summed E-state index contributed by atoms with van der Waals surface area (Å²) < 4.78 is 38.2. The second-order valence-electron chi connectivity index (χ2n) is 4.24. The summed E-state index contributed by atoms with van der Waals surface area (Å²) in [6.07, 6.45) is -3.80. The monoisotopic (exact) mass is 278 g/mol. The van der Waals surface area contributed by atoms with E-state index in [2.05, 4.69) is 4.98 Å². The van der Waals surface area contributed by atoms with Crippen LogP contribution in [-0.2, 0) is 12.6 Å². The van der Waals surface area contributed by atoms with E-state index < -0.39 is 11.7 Å². The first kappa shape index (κ1) is 14.9. The Bertz CT molecular complexity index is 532. The quantitative estimate of drug-likeness (QED) is 0.867. The van der Waals surface area contributed by atoms with Gasteiger partial charge in [-0.15, -0.1) is 12.4 Å². The summed E-state index contributed by atoms with van der Waals surface area (Å²) in [4.78, 5) is 2.80. The second-order valence-corrected chi connectivity index (χ2v) is 4.24. The van der Waals surface area contributed by atoms with Gasteiger partial charge >= 0.3 is 6.18 Å². The molecule has 0 amide bonds. The van der Waals surface area contributed by atoms with Gasteiger partial charge in [-0.2, -0.15) is 13.2 Å². The molecule has 6 heteroatoms. The lowest BCUT2D eigenvalue weighted by atomic mass is 10.1. The predicted molar refractivity (Wildman–Crippen MR) is 67.9 cm³/mol. The van der Waals surface area contributed by atoms with Crippen LogP contribution < -0.4 is 5.73 Å². The van der Waals surface area contributed by atoms with Gasteiger partial charge in [0.2, 0.25) is 0 Å². The third-order valence-electron chi connectivity index (χ3n) is 2.56. The molecule has 0 aliphatic carbocycles. The Morgan fingerprint density at radius 2 is 2.00 bits per heavy atom. The van der Waals surface area contributed by atoms with Crippen molar-refractivity contribution in [1.82, 2.24) is 4.98 Å². The van der Waals surface area contributed by atoms with Crippen molar-refractivity contribution >= 4 is 23.3 Å². The molecule has 1 unspecified atom stereocenters. The molecule has 3 N–H and O–H groups in total. The van der Waals surface area contributed by atoms with Crippen LogP contribution in [0.2, 0.25) is 0 Å². The Morgan fingerprint density at radius 3 is 2.56 bits per heavy atom. The molecule has 0 aliphatic heterocycles. The number of hydrogen-bond donors (Lipinski definition) is 2. The smallest absolute Gasteiger partial charge is 0.358 e. The maximum absolute atomic E-state index is 12.7. The van der Waals surface area contributed by atoms with E-state index in [1.54, 1.807) is 12.1 Å². The number of H-pyrrole nitrogens is 1. The number of nitrogens with two attached hydrogens (primary N) is 1.